The summed E-state index contributed by atoms with van der Waals surface area (Å²) in [6.07, 6.45) is 0. The van der Waals surface area contributed by atoms with Gasteiger partial charge in [0.2, 0.25) is 0 Å². The van der Waals surface area contributed by atoms with E-state index in [9.17, 15) is 0 Å². The SMILES string of the molecule is [Cd].[Mn].[S]=[Co]. The number of hydrogen-bond acceptors (Lipinski definition) is 1. The van der Waals surface area contributed by atoms with E-state index in [0.717, 1.165) is 0 Å². The van der Waals surface area contributed by atoms with Gasteiger partial charge in [0, 0.05) is 44.4 Å². The average molecular weight is 258 g/mol. The summed E-state index contributed by atoms with van der Waals surface area (Å²) in [5.41, 5.74) is 0. The van der Waals surface area contributed by atoms with E-state index in [4.69, 9.17) is 0 Å². The van der Waals surface area contributed by atoms with Crippen molar-refractivity contribution in [3.05, 3.63) is 0 Å². The van der Waals surface area contributed by atoms with E-state index < -0.39 is 0 Å². The predicted octanol–water partition coefficient (Wildman–Crippen LogP) is 0.641. The molecule has 0 saturated heterocycles. The first kappa shape index (κ1) is 16.4. The predicted molar refractivity (Wildman–Crippen MR) is 7.59 cm³/mol. The van der Waals surface area contributed by atoms with Crippen molar-refractivity contribution >= 4 is 10.6 Å². The summed E-state index contributed by atoms with van der Waals surface area (Å²) in [6, 6.07) is 0. The molecule has 4 heteroatoms. The van der Waals surface area contributed by atoms with Crippen LogP contribution >= 0.6 is 10.6 Å². The van der Waals surface area contributed by atoms with Gasteiger partial charge in [-0.2, -0.15) is 0 Å². The van der Waals surface area contributed by atoms with Crippen LogP contribution in [0.3, 0.4) is 0 Å². The molecule has 0 aliphatic rings. The van der Waals surface area contributed by atoms with Crippen LogP contribution in [0.4, 0.5) is 0 Å². The summed E-state index contributed by atoms with van der Waals surface area (Å²) in [7, 11) is 3.77. The fourth-order valence-corrected chi connectivity index (χ4v) is 0. The quantitative estimate of drug-likeness (QED) is 0.575. The van der Waals surface area contributed by atoms with Crippen LogP contribution in [-0.4, -0.2) is 0 Å². The van der Waals surface area contributed by atoms with Crippen LogP contribution in [0.2, 0.25) is 0 Å². The van der Waals surface area contributed by atoms with Crippen molar-refractivity contribution in [2.45, 2.75) is 0 Å². The van der Waals surface area contributed by atoms with Crippen LogP contribution < -0.4 is 0 Å². The molecule has 0 heterocycles. The van der Waals surface area contributed by atoms with Crippen molar-refractivity contribution in [2.24, 2.45) is 0 Å². The summed E-state index contributed by atoms with van der Waals surface area (Å²) < 4.78 is 0. The van der Waals surface area contributed by atoms with Crippen molar-refractivity contribution in [2.75, 3.05) is 0 Å². The maximum atomic E-state index is 3.77. The molecule has 1 radical (unpaired) electrons. The molecule has 0 nitrogen and oxygen atoms in total. The van der Waals surface area contributed by atoms with Crippen molar-refractivity contribution < 1.29 is 58.5 Å². The van der Waals surface area contributed by atoms with Gasteiger partial charge in [-0.25, -0.2) is 0 Å². The van der Waals surface area contributed by atoms with Crippen LogP contribution in [0.15, 0.2) is 0 Å². The van der Waals surface area contributed by atoms with Crippen molar-refractivity contribution in [1.82, 2.24) is 0 Å². The van der Waals surface area contributed by atoms with E-state index in [1.165, 1.54) is 0 Å². The molecule has 0 aromatic heterocycles. The Morgan fingerprint density at radius 1 is 1.25 bits per heavy atom. The molecule has 24 valence electrons. The second-order valence-electron chi connectivity index (χ2n) is 0. The van der Waals surface area contributed by atoms with Gasteiger partial charge in [0.05, 0.1) is 0 Å². The van der Waals surface area contributed by atoms with Gasteiger partial charge in [-0.15, -0.1) is 0 Å². The molecule has 0 N–H and O–H groups in total. The average Bonchev–Trinajstić information content (AvgIpc) is 1.00. The van der Waals surface area contributed by atoms with Crippen LogP contribution in [0, 0.1) is 0 Å². The zero-order valence-corrected chi connectivity index (χ0v) is 8.90. The Morgan fingerprint density at radius 3 is 1.25 bits per heavy atom. The molecule has 0 fully saturated rings. The van der Waals surface area contributed by atoms with Gasteiger partial charge in [0.25, 0.3) is 0 Å². The molecule has 0 unspecified atom stereocenters. The van der Waals surface area contributed by atoms with Gasteiger partial charge < -0.3 is 0 Å². The minimum atomic E-state index is 0. The Labute approximate surface area is 68.2 Å². The molecule has 0 saturated carbocycles. The second-order valence-corrected chi connectivity index (χ2v) is 0. The van der Waals surface area contributed by atoms with Crippen molar-refractivity contribution in [3.63, 3.8) is 0 Å². The molecule has 0 spiro atoms. The normalized spacial score (nSPS) is 1.25. The van der Waals surface area contributed by atoms with E-state index in [2.05, 4.69) is 24.7 Å². The Kier molecular flexibility index (Phi) is 78.4. The zero-order chi connectivity index (χ0) is 2.00. The Hall–Kier alpha value is 2.17. The Balaban J connectivity index is -0.00000000500. The van der Waals surface area contributed by atoms with Gasteiger partial charge in [-0.1, -0.05) is 0 Å². The summed E-state index contributed by atoms with van der Waals surface area (Å²) in [6.45, 7) is 0. The van der Waals surface area contributed by atoms with E-state index in [-0.39, 0.29) is 44.4 Å². The summed E-state index contributed by atoms with van der Waals surface area (Å²) in [5, 5.41) is 0. The van der Waals surface area contributed by atoms with Crippen LogP contribution in [0.1, 0.15) is 0 Å². The molecule has 0 aromatic carbocycles. The standard InChI is InChI=1S/Cd.Co.Mn.S. The van der Waals surface area contributed by atoms with E-state index in [1.807, 2.05) is 0 Å². The Morgan fingerprint density at radius 2 is 1.25 bits per heavy atom. The molecule has 0 amide bonds. The molecule has 0 bridgehead atoms. The number of rotatable bonds is 0. The second kappa shape index (κ2) is 19.1. The minimum absolute atomic E-state index is 0. The van der Waals surface area contributed by atoms with Crippen molar-refractivity contribution in [1.29, 1.82) is 0 Å². The van der Waals surface area contributed by atoms with Crippen molar-refractivity contribution in [3.8, 4) is 0 Å². The molecule has 0 atom stereocenters. The zero-order valence-electron chi connectivity index (χ0n) is 1.83. The van der Waals surface area contributed by atoms with Gasteiger partial charge in [-0.3, -0.25) is 0 Å². The first-order valence-corrected chi connectivity index (χ1v) is 1.68. The first-order valence-electron chi connectivity index (χ1n) is 0.136. The van der Waals surface area contributed by atoms with Gasteiger partial charge >= 0.3 is 24.7 Å². The van der Waals surface area contributed by atoms with Gasteiger partial charge in [0.1, 0.15) is 0 Å². The van der Waals surface area contributed by atoms with Crippen LogP contribution in [-0.2, 0) is 58.5 Å². The molecule has 0 aliphatic heterocycles. The molecule has 0 aliphatic carbocycles. The summed E-state index contributed by atoms with van der Waals surface area (Å²) in [4.78, 5) is 0. The fourth-order valence-electron chi connectivity index (χ4n) is 0. The first-order chi connectivity index (χ1) is 1.00. The Bertz CT molecular complexity index is 8.00. The third-order valence-electron chi connectivity index (χ3n) is 0. The van der Waals surface area contributed by atoms with E-state index in [0.29, 0.717) is 0 Å². The molecule has 0 rings (SSSR count). The van der Waals surface area contributed by atoms with E-state index >= 15 is 0 Å². The van der Waals surface area contributed by atoms with Crippen LogP contribution in [0.5, 0.6) is 0 Å². The van der Waals surface area contributed by atoms with Gasteiger partial charge in [0.15, 0.2) is 0 Å². The van der Waals surface area contributed by atoms with E-state index in [1.54, 1.807) is 0 Å². The van der Waals surface area contributed by atoms with Crippen LogP contribution in [0.25, 0.3) is 0 Å². The monoisotopic (exact) mass is 260 g/mol. The summed E-state index contributed by atoms with van der Waals surface area (Å²) in [5.74, 6) is 0. The molecular weight excluding hydrogens is 258 g/mol. The third kappa shape index (κ3) is 8.90. The fraction of sp³-hybridized carbons (Fsp3) is 0. The molecule has 4 heavy (non-hydrogen) atoms. The molecular formula is CdCoMnS. The maximum absolute atomic E-state index is 3.77. The number of hydrogen-bond donors (Lipinski definition) is 0. The molecule has 0 aromatic rings. The third-order valence-corrected chi connectivity index (χ3v) is 0. The van der Waals surface area contributed by atoms with Gasteiger partial charge in [-0.05, 0) is 0 Å². The topological polar surface area (TPSA) is 0 Å². The summed E-state index contributed by atoms with van der Waals surface area (Å²) >= 11 is 3.15.